The van der Waals surface area contributed by atoms with Crippen LogP contribution in [0.3, 0.4) is 0 Å². The van der Waals surface area contributed by atoms with E-state index in [1.807, 2.05) is 0 Å². The van der Waals surface area contributed by atoms with Crippen LogP contribution in [0, 0.1) is 0 Å². The van der Waals surface area contributed by atoms with Gasteiger partial charge in [-0.1, -0.05) is 27.7 Å². The van der Waals surface area contributed by atoms with Crippen molar-refractivity contribution in [2.75, 3.05) is 52.4 Å². The van der Waals surface area contributed by atoms with Crippen LogP contribution in [0.2, 0.25) is 0 Å². The van der Waals surface area contributed by atoms with Crippen molar-refractivity contribution in [3.63, 3.8) is 0 Å². The fraction of sp³-hybridized carbons (Fsp3) is 1.00. The van der Waals surface area contributed by atoms with Crippen LogP contribution < -0.4 is 5.32 Å². The molecule has 0 heterocycles. The third kappa shape index (κ3) is 8.86. The van der Waals surface area contributed by atoms with E-state index in [4.69, 9.17) is 0 Å². The summed E-state index contributed by atoms with van der Waals surface area (Å²) in [5, 5.41) is 13.2. The maximum absolute atomic E-state index is 9.89. The maximum atomic E-state index is 9.89. The van der Waals surface area contributed by atoms with E-state index in [1.165, 1.54) is 13.0 Å². The smallest absolute Gasteiger partial charge is 0.0791 e. The normalized spacial score (nSPS) is 13.5. The third-order valence-corrected chi connectivity index (χ3v) is 3.34. The Morgan fingerprint density at radius 1 is 0.944 bits per heavy atom. The number of nitrogens with zero attached hydrogens (tertiary/aromatic N) is 2. The number of rotatable bonds is 12. The monoisotopic (exact) mass is 259 g/mol. The van der Waals surface area contributed by atoms with Crippen LogP contribution in [0.5, 0.6) is 0 Å². The highest BCUT2D eigenvalue weighted by molar-refractivity contribution is 4.66. The van der Waals surface area contributed by atoms with Crippen molar-refractivity contribution >= 4 is 0 Å². The second kappa shape index (κ2) is 11.9. The molecule has 0 aliphatic rings. The molecule has 0 aromatic carbocycles. The Hall–Kier alpha value is -0.160. The summed E-state index contributed by atoms with van der Waals surface area (Å²) in [5.74, 6) is 0. The van der Waals surface area contributed by atoms with Gasteiger partial charge in [-0.25, -0.2) is 0 Å². The van der Waals surface area contributed by atoms with Gasteiger partial charge in [-0.2, -0.15) is 0 Å². The molecule has 18 heavy (non-hydrogen) atoms. The van der Waals surface area contributed by atoms with Crippen molar-refractivity contribution in [2.45, 2.75) is 40.2 Å². The molecule has 0 rings (SSSR count). The summed E-state index contributed by atoms with van der Waals surface area (Å²) in [4.78, 5) is 4.69. The van der Waals surface area contributed by atoms with E-state index in [9.17, 15) is 5.11 Å². The first kappa shape index (κ1) is 17.8. The molecule has 0 saturated carbocycles. The SMILES string of the molecule is CCCN(CC)CCNCC(O)CN(CC)CC. The van der Waals surface area contributed by atoms with E-state index >= 15 is 0 Å². The summed E-state index contributed by atoms with van der Waals surface area (Å²) in [6.07, 6.45) is 0.949. The maximum Gasteiger partial charge on any atom is 0.0791 e. The largest absolute Gasteiger partial charge is 0.390 e. The second-order valence-corrected chi connectivity index (χ2v) is 4.78. The lowest BCUT2D eigenvalue weighted by atomic mass is 10.3. The number of likely N-dealkylation sites (N-methyl/N-ethyl adjacent to an activating group) is 2. The molecule has 1 unspecified atom stereocenters. The van der Waals surface area contributed by atoms with Gasteiger partial charge >= 0.3 is 0 Å². The summed E-state index contributed by atoms with van der Waals surface area (Å²) >= 11 is 0. The van der Waals surface area contributed by atoms with Crippen molar-refractivity contribution in [1.82, 2.24) is 15.1 Å². The first-order valence-corrected chi connectivity index (χ1v) is 7.51. The predicted octanol–water partition coefficient (Wildman–Crippen LogP) is 1.01. The third-order valence-electron chi connectivity index (χ3n) is 3.34. The molecule has 4 heteroatoms. The van der Waals surface area contributed by atoms with Crippen molar-refractivity contribution in [3.05, 3.63) is 0 Å². The average Bonchev–Trinajstić information content (AvgIpc) is 2.39. The molecule has 0 aliphatic heterocycles. The Morgan fingerprint density at radius 2 is 1.56 bits per heavy atom. The summed E-state index contributed by atoms with van der Waals surface area (Å²) in [5.41, 5.74) is 0. The highest BCUT2D eigenvalue weighted by Crippen LogP contribution is 1.92. The lowest BCUT2D eigenvalue weighted by Crippen LogP contribution is -2.40. The molecule has 0 saturated heterocycles. The van der Waals surface area contributed by atoms with Crippen LogP contribution in [-0.2, 0) is 0 Å². The minimum absolute atomic E-state index is 0.258. The quantitative estimate of drug-likeness (QED) is 0.513. The molecule has 0 radical (unpaired) electrons. The van der Waals surface area contributed by atoms with Gasteiger partial charge in [0, 0.05) is 26.2 Å². The van der Waals surface area contributed by atoms with Crippen LogP contribution in [0.1, 0.15) is 34.1 Å². The topological polar surface area (TPSA) is 38.7 Å². The van der Waals surface area contributed by atoms with Crippen LogP contribution >= 0.6 is 0 Å². The molecule has 0 spiro atoms. The number of hydrogen-bond donors (Lipinski definition) is 2. The zero-order valence-corrected chi connectivity index (χ0v) is 12.8. The standard InChI is InChI=1S/C14H33N3O/c1-5-10-17(8-4)11-9-15-12-14(18)13-16(6-2)7-3/h14-15,18H,5-13H2,1-4H3. The molecule has 4 nitrogen and oxygen atoms in total. The molecular formula is C14H33N3O. The molecule has 0 bridgehead atoms. The Balaban J connectivity index is 3.58. The van der Waals surface area contributed by atoms with Gasteiger partial charge in [-0.05, 0) is 32.6 Å². The van der Waals surface area contributed by atoms with Gasteiger partial charge in [0.05, 0.1) is 6.10 Å². The van der Waals surface area contributed by atoms with Gasteiger partial charge < -0.3 is 20.2 Å². The van der Waals surface area contributed by atoms with Gasteiger partial charge in [-0.3, -0.25) is 0 Å². The van der Waals surface area contributed by atoms with Crippen molar-refractivity contribution < 1.29 is 5.11 Å². The summed E-state index contributed by atoms with van der Waals surface area (Å²) in [6.45, 7) is 16.5. The molecule has 0 aliphatic carbocycles. The summed E-state index contributed by atoms with van der Waals surface area (Å²) < 4.78 is 0. The van der Waals surface area contributed by atoms with E-state index in [0.717, 1.165) is 39.3 Å². The predicted molar refractivity (Wildman–Crippen MR) is 79.1 cm³/mol. The Morgan fingerprint density at radius 3 is 2.06 bits per heavy atom. The Labute approximate surface area is 113 Å². The van der Waals surface area contributed by atoms with E-state index in [1.54, 1.807) is 0 Å². The minimum Gasteiger partial charge on any atom is -0.390 e. The van der Waals surface area contributed by atoms with Crippen LogP contribution in [-0.4, -0.2) is 73.4 Å². The Bertz CT molecular complexity index is 174. The van der Waals surface area contributed by atoms with E-state index in [2.05, 4.69) is 42.8 Å². The first-order valence-electron chi connectivity index (χ1n) is 7.51. The zero-order valence-electron chi connectivity index (χ0n) is 12.8. The van der Waals surface area contributed by atoms with E-state index in [-0.39, 0.29) is 6.10 Å². The lowest BCUT2D eigenvalue weighted by Gasteiger charge is -2.23. The second-order valence-electron chi connectivity index (χ2n) is 4.78. The first-order chi connectivity index (χ1) is 8.67. The molecule has 110 valence electrons. The van der Waals surface area contributed by atoms with Gasteiger partial charge in [-0.15, -0.1) is 0 Å². The van der Waals surface area contributed by atoms with E-state index in [0.29, 0.717) is 6.54 Å². The molecule has 0 aromatic heterocycles. The van der Waals surface area contributed by atoms with Crippen molar-refractivity contribution in [3.8, 4) is 0 Å². The molecule has 2 N–H and O–H groups in total. The minimum atomic E-state index is -0.258. The van der Waals surface area contributed by atoms with Crippen LogP contribution in [0.15, 0.2) is 0 Å². The molecule has 1 atom stereocenters. The van der Waals surface area contributed by atoms with Gasteiger partial charge in [0.25, 0.3) is 0 Å². The van der Waals surface area contributed by atoms with Gasteiger partial charge in [0.2, 0.25) is 0 Å². The summed E-state index contributed by atoms with van der Waals surface area (Å²) in [7, 11) is 0. The van der Waals surface area contributed by atoms with Gasteiger partial charge in [0.15, 0.2) is 0 Å². The molecule has 0 aromatic rings. The van der Waals surface area contributed by atoms with Gasteiger partial charge in [0.1, 0.15) is 0 Å². The lowest BCUT2D eigenvalue weighted by molar-refractivity contribution is 0.116. The molecule has 0 fully saturated rings. The highest BCUT2D eigenvalue weighted by Gasteiger charge is 2.08. The Kier molecular flexibility index (Phi) is 11.8. The number of nitrogens with one attached hydrogen (secondary N) is 1. The fourth-order valence-electron chi connectivity index (χ4n) is 2.09. The fourth-order valence-corrected chi connectivity index (χ4v) is 2.09. The average molecular weight is 259 g/mol. The summed E-state index contributed by atoms with van der Waals surface area (Å²) in [6, 6.07) is 0. The van der Waals surface area contributed by atoms with E-state index < -0.39 is 0 Å². The zero-order chi connectivity index (χ0) is 13.8. The molecular weight excluding hydrogens is 226 g/mol. The van der Waals surface area contributed by atoms with Crippen LogP contribution in [0.25, 0.3) is 0 Å². The number of hydrogen-bond acceptors (Lipinski definition) is 4. The van der Waals surface area contributed by atoms with Crippen molar-refractivity contribution in [2.24, 2.45) is 0 Å². The number of aliphatic hydroxyl groups is 1. The van der Waals surface area contributed by atoms with Crippen LogP contribution in [0.4, 0.5) is 0 Å². The van der Waals surface area contributed by atoms with Crippen molar-refractivity contribution in [1.29, 1.82) is 0 Å². The molecule has 0 amide bonds. The highest BCUT2D eigenvalue weighted by atomic mass is 16.3. The number of aliphatic hydroxyl groups excluding tert-OH is 1.